The predicted octanol–water partition coefficient (Wildman–Crippen LogP) is -0.763. The van der Waals surface area contributed by atoms with E-state index in [1.165, 1.54) is 0 Å². The van der Waals surface area contributed by atoms with Crippen LogP contribution in [0.3, 0.4) is 0 Å². The van der Waals surface area contributed by atoms with E-state index in [4.69, 9.17) is 33.6 Å². The first-order valence-corrected chi connectivity index (χ1v) is 8.46. The molecule has 6 heteroatoms. The van der Waals surface area contributed by atoms with Crippen molar-refractivity contribution in [1.82, 2.24) is 0 Å². The first-order valence-electron chi connectivity index (χ1n) is 1.42. The molecule has 0 aromatic heterocycles. The van der Waals surface area contributed by atoms with Crippen molar-refractivity contribution in [2.45, 2.75) is 0 Å². The molecule has 0 spiro atoms. The van der Waals surface area contributed by atoms with Crippen LogP contribution in [0, 0.1) is 0 Å². The first kappa shape index (κ1) is 8.42. The molecule has 0 aliphatic heterocycles. The zero-order valence-electron chi connectivity index (χ0n) is 3.79. The molecule has 0 radical (unpaired) electrons. The van der Waals surface area contributed by atoms with Crippen molar-refractivity contribution in [3.05, 3.63) is 0 Å². The third-order valence-electron chi connectivity index (χ3n) is 0.370. The molecular weight excluding hydrogens is 183 g/mol. The second-order valence-electron chi connectivity index (χ2n) is 1.07. The Morgan fingerprint density at radius 3 is 1.71 bits per heavy atom. The maximum atomic E-state index is 4.87. The van der Waals surface area contributed by atoms with Gasteiger partial charge in [-0.15, -0.1) is 0 Å². The van der Waals surface area contributed by atoms with E-state index >= 15 is 0 Å². The van der Waals surface area contributed by atoms with Gasteiger partial charge in [-0.3, -0.25) is 0 Å². The van der Waals surface area contributed by atoms with Crippen LogP contribution in [0.4, 0.5) is 0 Å². The van der Waals surface area contributed by atoms with Crippen LogP contribution in [0.2, 0.25) is 0 Å². The van der Waals surface area contributed by atoms with Crippen LogP contribution >= 0.6 is 0 Å². The molecule has 7 heavy (non-hydrogen) atoms. The van der Waals surface area contributed by atoms with Crippen LogP contribution < -0.4 is 0 Å². The summed E-state index contributed by atoms with van der Waals surface area (Å²) in [6, 6.07) is 0. The minimum atomic E-state index is -1.31. The average molecular weight is 188 g/mol. The molecule has 0 fully saturated rings. The van der Waals surface area contributed by atoms with E-state index in [1.807, 2.05) is 6.26 Å². The minimum absolute atomic E-state index is 0.695. The van der Waals surface area contributed by atoms with Crippen LogP contribution in [0.15, 0.2) is 0 Å². The Morgan fingerprint density at radius 2 is 1.71 bits per heavy atom. The second-order valence-corrected chi connectivity index (χ2v) is 14.8. The molecule has 0 aromatic rings. The van der Waals surface area contributed by atoms with Crippen molar-refractivity contribution in [2.24, 2.45) is 0 Å². The third kappa shape index (κ3) is 3.96. The van der Waals surface area contributed by atoms with Gasteiger partial charge < -0.3 is 0 Å². The van der Waals surface area contributed by atoms with Crippen molar-refractivity contribution in [3.63, 3.8) is 0 Å². The molecule has 1 atom stereocenters. The third-order valence-corrected chi connectivity index (χ3v) is 10.9. The molecule has 1 unspecified atom stereocenters. The van der Waals surface area contributed by atoms with E-state index in [1.54, 1.807) is 0 Å². The van der Waals surface area contributed by atoms with Gasteiger partial charge in [-0.2, -0.15) is 0 Å². The fraction of sp³-hybridized carbons (Fsp3) is 1.00. The summed E-state index contributed by atoms with van der Waals surface area (Å²) >= 11 is 14.5. The summed E-state index contributed by atoms with van der Waals surface area (Å²) in [6.45, 7) is 3.62. The van der Waals surface area contributed by atoms with Crippen molar-refractivity contribution >= 4 is 54.4 Å². The SMILES string of the molecule is B=[SH](=S)S(C)(=S)=S. The first-order chi connectivity index (χ1) is 2.94. The Balaban J connectivity index is 4.82. The average Bonchev–Trinajstić information content (AvgIpc) is 1.31. The number of rotatable bonds is 1. The Kier molecular flexibility index (Phi) is 3.39. The Morgan fingerprint density at radius 1 is 1.57 bits per heavy atom. The van der Waals surface area contributed by atoms with Gasteiger partial charge in [-0.05, 0) is 0 Å². The van der Waals surface area contributed by atoms with Gasteiger partial charge in [0, 0.05) is 0 Å². The molecular formula is CH5BS5. The summed E-state index contributed by atoms with van der Waals surface area (Å²) in [7, 11) is -0.695. The van der Waals surface area contributed by atoms with E-state index in [0.717, 1.165) is 0 Å². The van der Waals surface area contributed by atoms with E-state index in [-0.39, 0.29) is 0 Å². The Hall–Kier alpha value is 1.42. The monoisotopic (exact) mass is 188 g/mol. The van der Waals surface area contributed by atoms with Gasteiger partial charge in [0.15, 0.2) is 0 Å². The fourth-order valence-electron chi connectivity index (χ4n) is 0. The summed E-state index contributed by atoms with van der Waals surface area (Å²) in [4.78, 5) is 0. The van der Waals surface area contributed by atoms with Gasteiger partial charge in [-0.25, -0.2) is 0 Å². The van der Waals surface area contributed by atoms with Gasteiger partial charge in [-0.1, -0.05) is 0 Å². The summed E-state index contributed by atoms with van der Waals surface area (Å²) in [6.07, 6.45) is 0.531. The molecule has 0 rings (SSSR count). The molecule has 42 valence electrons. The standard InChI is InChI=1S/CH5BS5/c1-7(4,5)6(2)3/h2,6H,1H3. The zero-order valence-corrected chi connectivity index (χ0v) is 7.95. The normalized spacial score (nSPS) is 16.0. The van der Waals surface area contributed by atoms with Crippen molar-refractivity contribution < 1.29 is 0 Å². The van der Waals surface area contributed by atoms with Gasteiger partial charge in [0.1, 0.15) is 0 Å². The molecule has 0 aliphatic carbocycles. The van der Waals surface area contributed by atoms with Crippen LogP contribution in [0.25, 0.3) is 0 Å². The van der Waals surface area contributed by atoms with E-state index < -0.39 is 14.1 Å². The van der Waals surface area contributed by atoms with E-state index in [0.29, 0.717) is 0 Å². The molecule has 0 heterocycles. The van der Waals surface area contributed by atoms with Gasteiger partial charge >= 0.3 is 60.6 Å². The van der Waals surface area contributed by atoms with Gasteiger partial charge in [0.25, 0.3) is 0 Å². The Labute approximate surface area is 60.3 Å². The number of hydrogen-bond donors (Lipinski definition) is 1. The quantitative estimate of drug-likeness (QED) is 0.326. The topological polar surface area (TPSA) is 0 Å². The van der Waals surface area contributed by atoms with Crippen molar-refractivity contribution in [1.29, 1.82) is 0 Å². The maximum absolute atomic E-state index is 4.87. The Bertz CT molecular complexity index is 196. The molecule has 0 amide bonds. The molecule has 0 saturated carbocycles. The molecule has 0 N–H and O–H groups in total. The molecule has 0 nitrogen and oxygen atoms in total. The van der Waals surface area contributed by atoms with Crippen LogP contribution in [0.5, 0.6) is 0 Å². The van der Waals surface area contributed by atoms with Crippen LogP contribution in [-0.4, -0.2) is 13.0 Å². The summed E-state index contributed by atoms with van der Waals surface area (Å²) in [5.41, 5.74) is 0. The van der Waals surface area contributed by atoms with E-state index in [2.05, 4.69) is 6.72 Å². The van der Waals surface area contributed by atoms with Gasteiger partial charge in [0.05, 0.1) is 0 Å². The molecule has 0 saturated heterocycles. The zero-order chi connectivity index (χ0) is 6.08. The number of thiol groups is 1. The van der Waals surface area contributed by atoms with Crippen LogP contribution in [-0.2, 0) is 47.7 Å². The van der Waals surface area contributed by atoms with Crippen molar-refractivity contribution in [2.75, 3.05) is 6.26 Å². The predicted molar refractivity (Wildman–Crippen MR) is 51.3 cm³/mol. The van der Waals surface area contributed by atoms with Crippen LogP contribution in [0.1, 0.15) is 0 Å². The summed E-state index contributed by atoms with van der Waals surface area (Å²) in [5.74, 6) is 0. The summed E-state index contributed by atoms with van der Waals surface area (Å²) < 4.78 is 0. The van der Waals surface area contributed by atoms with E-state index in [9.17, 15) is 0 Å². The second kappa shape index (κ2) is 2.82. The molecule has 0 bridgehead atoms. The summed E-state index contributed by atoms with van der Waals surface area (Å²) in [5, 5.41) is 0. The van der Waals surface area contributed by atoms with Gasteiger partial charge in [0.2, 0.25) is 0 Å². The molecule has 0 aromatic carbocycles. The fourth-order valence-corrected chi connectivity index (χ4v) is 0. The number of hydrogen-bond acceptors (Lipinski definition) is 3. The van der Waals surface area contributed by atoms with Crippen molar-refractivity contribution in [3.8, 4) is 0 Å². The molecule has 0 aliphatic rings.